The van der Waals surface area contributed by atoms with Gasteiger partial charge in [0.25, 0.3) is 5.91 Å². The molecule has 1 unspecified atom stereocenters. The highest BCUT2D eigenvalue weighted by atomic mass is 32.1. The Bertz CT molecular complexity index is 656. The van der Waals surface area contributed by atoms with Crippen LogP contribution in [0.4, 0.5) is 5.95 Å². The second kappa shape index (κ2) is 7.06. The van der Waals surface area contributed by atoms with Crippen molar-refractivity contribution in [3.8, 4) is 0 Å². The summed E-state index contributed by atoms with van der Waals surface area (Å²) in [5.74, 6) is 0.499. The lowest BCUT2D eigenvalue weighted by molar-refractivity contribution is 0.0738. The van der Waals surface area contributed by atoms with Gasteiger partial charge in [0.05, 0.1) is 19.3 Å². The summed E-state index contributed by atoms with van der Waals surface area (Å²) in [6.07, 6.45) is 1.65. The van der Waals surface area contributed by atoms with E-state index in [1.807, 2.05) is 36.4 Å². The Balaban J connectivity index is 1.76. The molecule has 1 atom stereocenters. The summed E-state index contributed by atoms with van der Waals surface area (Å²) >= 11 is 1.65. The van der Waals surface area contributed by atoms with Crippen LogP contribution >= 0.6 is 11.3 Å². The van der Waals surface area contributed by atoms with Crippen molar-refractivity contribution in [2.45, 2.75) is 13.0 Å². The van der Waals surface area contributed by atoms with Crippen molar-refractivity contribution in [3.63, 3.8) is 0 Å². The molecule has 3 rings (SSSR count). The molecule has 0 aromatic carbocycles. The van der Waals surface area contributed by atoms with E-state index in [0.717, 1.165) is 18.0 Å². The summed E-state index contributed by atoms with van der Waals surface area (Å²) in [5, 5.41) is 2.02. The largest absolute Gasteiger partial charge is 0.378 e. The number of hydrogen-bond donors (Lipinski definition) is 0. The predicted molar refractivity (Wildman–Crippen MR) is 89.9 cm³/mol. The molecule has 6 nitrogen and oxygen atoms in total. The van der Waals surface area contributed by atoms with Crippen LogP contribution in [0, 0.1) is 0 Å². The third kappa shape index (κ3) is 3.51. The molecular weight excluding hydrogens is 312 g/mol. The van der Waals surface area contributed by atoms with Gasteiger partial charge in [-0.25, -0.2) is 9.97 Å². The van der Waals surface area contributed by atoms with Crippen molar-refractivity contribution < 1.29 is 9.53 Å². The van der Waals surface area contributed by atoms with Crippen molar-refractivity contribution in [2.24, 2.45) is 0 Å². The fourth-order valence-corrected chi connectivity index (χ4v) is 3.29. The second-order valence-corrected chi connectivity index (χ2v) is 6.43. The minimum atomic E-state index is -0.0946. The van der Waals surface area contributed by atoms with Gasteiger partial charge in [0, 0.05) is 31.2 Å². The van der Waals surface area contributed by atoms with Gasteiger partial charge >= 0.3 is 0 Å². The molecule has 0 spiro atoms. The van der Waals surface area contributed by atoms with Crippen LogP contribution in [0.3, 0.4) is 0 Å². The first-order valence-electron chi connectivity index (χ1n) is 7.63. The first-order chi connectivity index (χ1) is 11.2. The lowest BCUT2D eigenvalue weighted by Crippen LogP contribution is -2.38. The van der Waals surface area contributed by atoms with E-state index in [-0.39, 0.29) is 11.9 Å². The number of morpholine rings is 1. The van der Waals surface area contributed by atoms with Crippen LogP contribution in [0.2, 0.25) is 0 Å². The van der Waals surface area contributed by atoms with Gasteiger partial charge in [-0.3, -0.25) is 4.79 Å². The summed E-state index contributed by atoms with van der Waals surface area (Å²) in [6.45, 7) is 4.85. The molecule has 0 saturated carbocycles. The molecule has 1 aliphatic rings. The van der Waals surface area contributed by atoms with Crippen molar-refractivity contribution in [1.29, 1.82) is 0 Å². The number of aromatic nitrogens is 2. The Morgan fingerprint density at radius 2 is 2.17 bits per heavy atom. The summed E-state index contributed by atoms with van der Waals surface area (Å²) < 4.78 is 5.34. The van der Waals surface area contributed by atoms with Crippen LogP contribution in [0.5, 0.6) is 0 Å². The van der Waals surface area contributed by atoms with Crippen molar-refractivity contribution in [1.82, 2.24) is 14.9 Å². The number of carbonyl (C=O) groups excluding carboxylic acids is 1. The minimum absolute atomic E-state index is 0.0179. The van der Waals surface area contributed by atoms with E-state index in [9.17, 15) is 4.79 Å². The monoisotopic (exact) mass is 332 g/mol. The Hall–Kier alpha value is -1.99. The molecule has 1 amide bonds. The molecular formula is C16H20N4O2S. The lowest BCUT2D eigenvalue weighted by atomic mass is 10.2. The first kappa shape index (κ1) is 15.9. The molecule has 23 heavy (non-hydrogen) atoms. The van der Waals surface area contributed by atoms with Crippen LogP contribution in [-0.4, -0.2) is 54.1 Å². The van der Waals surface area contributed by atoms with Crippen molar-refractivity contribution in [2.75, 3.05) is 38.3 Å². The van der Waals surface area contributed by atoms with E-state index in [0.29, 0.717) is 24.9 Å². The molecule has 122 valence electrons. The van der Waals surface area contributed by atoms with Gasteiger partial charge in [0.1, 0.15) is 5.69 Å². The molecule has 0 N–H and O–H groups in total. The standard InChI is InChI=1S/C16H20N4O2S/c1-12(14-4-3-11-23-14)19(2)15(21)13-5-6-17-16(18-13)20-7-9-22-10-8-20/h3-6,11-12H,7-10H2,1-2H3. The summed E-state index contributed by atoms with van der Waals surface area (Å²) in [4.78, 5) is 26.4. The third-order valence-corrected chi connectivity index (χ3v) is 5.05. The van der Waals surface area contributed by atoms with Gasteiger partial charge in [-0.05, 0) is 24.4 Å². The number of nitrogens with zero attached hydrogens (tertiary/aromatic N) is 4. The fraction of sp³-hybridized carbons (Fsp3) is 0.438. The average Bonchev–Trinajstić information content (AvgIpc) is 3.15. The van der Waals surface area contributed by atoms with Gasteiger partial charge in [-0.2, -0.15) is 0 Å². The van der Waals surface area contributed by atoms with E-state index in [2.05, 4.69) is 9.97 Å². The zero-order valence-electron chi connectivity index (χ0n) is 13.3. The number of anilines is 1. The maximum absolute atomic E-state index is 12.7. The summed E-state index contributed by atoms with van der Waals surface area (Å²) in [5.41, 5.74) is 0.424. The molecule has 0 aliphatic carbocycles. The maximum atomic E-state index is 12.7. The molecule has 1 saturated heterocycles. The SMILES string of the molecule is CC(c1cccs1)N(C)C(=O)c1ccnc(N2CCOCC2)n1. The number of ether oxygens (including phenoxy) is 1. The second-order valence-electron chi connectivity index (χ2n) is 5.45. The highest BCUT2D eigenvalue weighted by molar-refractivity contribution is 7.10. The molecule has 2 aromatic rings. The molecule has 1 aliphatic heterocycles. The Morgan fingerprint density at radius 1 is 1.39 bits per heavy atom. The highest BCUT2D eigenvalue weighted by Gasteiger charge is 2.22. The zero-order chi connectivity index (χ0) is 16.2. The van der Waals surface area contributed by atoms with Crippen molar-refractivity contribution >= 4 is 23.2 Å². The molecule has 0 bridgehead atoms. The summed E-state index contributed by atoms with van der Waals surface area (Å²) in [6, 6.07) is 5.72. The van der Waals surface area contributed by atoms with E-state index in [1.165, 1.54) is 0 Å². The van der Waals surface area contributed by atoms with E-state index in [4.69, 9.17) is 4.74 Å². The third-order valence-electron chi connectivity index (χ3n) is 4.01. The average molecular weight is 332 g/mol. The van der Waals surface area contributed by atoms with Gasteiger partial charge in [-0.1, -0.05) is 6.07 Å². The van der Waals surface area contributed by atoms with Crippen LogP contribution < -0.4 is 4.90 Å². The maximum Gasteiger partial charge on any atom is 0.272 e. The van der Waals surface area contributed by atoms with E-state index in [1.54, 1.807) is 28.5 Å². The molecule has 0 radical (unpaired) electrons. The van der Waals surface area contributed by atoms with Gasteiger partial charge in [0.2, 0.25) is 5.95 Å². The quantitative estimate of drug-likeness (QED) is 0.859. The minimum Gasteiger partial charge on any atom is -0.378 e. The Labute approximate surface area is 139 Å². The van der Waals surface area contributed by atoms with Crippen LogP contribution in [-0.2, 0) is 4.74 Å². The van der Waals surface area contributed by atoms with Gasteiger partial charge < -0.3 is 14.5 Å². The number of amides is 1. The predicted octanol–water partition coefficient (Wildman–Crippen LogP) is 2.21. The number of carbonyl (C=O) groups is 1. The molecule has 7 heteroatoms. The highest BCUT2D eigenvalue weighted by Crippen LogP contribution is 2.24. The zero-order valence-corrected chi connectivity index (χ0v) is 14.1. The van der Waals surface area contributed by atoms with Crippen LogP contribution in [0.25, 0.3) is 0 Å². The molecule has 1 fully saturated rings. The van der Waals surface area contributed by atoms with Crippen LogP contribution in [0.1, 0.15) is 28.3 Å². The van der Waals surface area contributed by atoms with Gasteiger partial charge in [-0.15, -0.1) is 11.3 Å². The molecule has 3 heterocycles. The van der Waals surface area contributed by atoms with Crippen LogP contribution in [0.15, 0.2) is 29.8 Å². The van der Waals surface area contributed by atoms with E-state index >= 15 is 0 Å². The van der Waals surface area contributed by atoms with E-state index < -0.39 is 0 Å². The number of rotatable bonds is 4. The Morgan fingerprint density at radius 3 is 2.87 bits per heavy atom. The Kier molecular flexibility index (Phi) is 4.88. The van der Waals surface area contributed by atoms with Gasteiger partial charge in [0.15, 0.2) is 0 Å². The normalized spacial score (nSPS) is 16.2. The number of thiophene rings is 1. The smallest absolute Gasteiger partial charge is 0.272 e. The lowest BCUT2D eigenvalue weighted by Gasteiger charge is -2.27. The topological polar surface area (TPSA) is 58.6 Å². The first-order valence-corrected chi connectivity index (χ1v) is 8.51. The summed E-state index contributed by atoms with van der Waals surface area (Å²) in [7, 11) is 1.81. The fourth-order valence-electron chi connectivity index (χ4n) is 2.46. The molecule has 2 aromatic heterocycles. The van der Waals surface area contributed by atoms with Crippen molar-refractivity contribution in [3.05, 3.63) is 40.3 Å². The number of hydrogen-bond acceptors (Lipinski definition) is 6.